The van der Waals surface area contributed by atoms with Crippen LogP contribution in [0.2, 0.25) is 0 Å². The van der Waals surface area contributed by atoms with Gasteiger partial charge >= 0.3 is 0 Å². The summed E-state index contributed by atoms with van der Waals surface area (Å²) in [7, 11) is 0. The van der Waals surface area contributed by atoms with E-state index in [1.165, 1.54) is 0 Å². The Hall–Kier alpha value is -2.14. The molecule has 0 unspecified atom stereocenters. The minimum Gasteiger partial charge on any atom is -0.391 e. The summed E-state index contributed by atoms with van der Waals surface area (Å²) in [5.41, 5.74) is 2.62. The quantitative estimate of drug-likeness (QED) is 0.905. The van der Waals surface area contributed by atoms with Crippen molar-refractivity contribution in [1.29, 1.82) is 0 Å². The zero-order valence-electron chi connectivity index (χ0n) is 15.2. The number of amides is 1. The number of rotatable bonds is 5. The van der Waals surface area contributed by atoms with Gasteiger partial charge < -0.3 is 10.0 Å². The molecule has 0 spiro atoms. The van der Waals surface area contributed by atoms with Crippen LogP contribution >= 0.6 is 0 Å². The number of likely N-dealkylation sites (tertiary alicyclic amines) is 1. The molecule has 134 valence electrons. The summed E-state index contributed by atoms with van der Waals surface area (Å²) in [6, 6.07) is 10.2. The summed E-state index contributed by atoms with van der Waals surface area (Å²) in [4.78, 5) is 15.0. The molecule has 1 N–H and O–H groups in total. The zero-order valence-corrected chi connectivity index (χ0v) is 15.2. The lowest BCUT2D eigenvalue weighted by Gasteiger charge is -2.25. The maximum Gasteiger partial charge on any atom is 0.257 e. The molecule has 1 aliphatic rings. The lowest BCUT2D eigenvalue weighted by Crippen LogP contribution is -2.32. The molecular weight excluding hydrogens is 314 g/mol. The molecule has 5 nitrogen and oxygen atoms in total. The predicted molar refractivity (Wildman–Crippen MR) is 97.4 cm³/mol. The Morgan fingerprint density at radius 1 is 1.28 bits per heavy atom. The minimum absolute atomic E-state index is 0.0416. The second kappa shape index (κ2) is 7.40. The van der Waals surface area contributed by atoms with Crippen molar-refractivity contribution in [3.63, 3.8) is 0 Å². The third-order valence-corrected chi connectivity index (χ3v) is 5.29. The van der Waals surface area contributed by atoms with E-state index < -0.39 is 6.10 Å². The van der Waals surface area contributed by atoms with Gasteiger partial charge in [0.1, 0.15) is 0 Å². The highest BCUT2D eigenvalue weighted by molar-refractivity contribution is 5.95. The summed E-state index contributed by atoms with van der Waals surface area (Å²) >= 11 is 0. The van der Waals surface area contributed by atoms with Gasteiger partial charge in [0.05, 0.1) is 29.9 Å². The van der Waals surface area contributed by atoms with E-state index in [0.717, 1.165) is 24.1 Å². The van der Waals surface area contributed by atoms with Gasteiger partial charge in [-0.1, -0.05) is 44.2 Å². The Kier molecular flexibility index (Phi) is 5.23. The predicted octanol–water partition coefficient (Wildman–Crippen LogP) is 3.50. The molecule has 0 aliphatic carbocycles. The highest BCUT2D eigenvalue weighted by atomic mass is 16.3. The molecule has 1 amide bonds. The molecule has 0 radical (unpaired) electrons. The number of β-amino-alcohol motifs (C(OH)–C–C–N with tert-alkyl or cyclic N) is 1. The number of nitrogens with zero attached hydrogens (tertiary/aromatic N) is 3. The normalized spacial score (nSPS) is 20.4. The molecule has 1 saturated heterocycles. The average molecular weight is 341 g/mol. The van der Waals surface area contributed by atoms with Crippen LogP contribution in [-0.4, -0.2) is 38.3 Å². The molecule has 3 rings (SSSR count). The SMILES string of the molecule is CCC(CC)n1ncc(C(=O)N2C[C@@H](O)C[C@H]2c2ccccc2)c1C. The van der Waals surface area contributed by atoms with Gasteiger partial charge in [0.25, 0.3) is 5.91 Å². The van der Waals surface area contributed by atoms with Gasteiger partial charge in [-0.2, -0.15) is 5.10 Å². The first kappa shape index (κ1) is 17.7. The first-order valence-corrected chi connectivity index (χ1v) is 9.14. The molecule has 5 heteroatoms. The van der Waals surface area contributed by atoms with E-state index in [-0.39, 0.29) is 11.9 Å². The number of aliphatic hydroxyl groups is 1. The molecule has 2 aromatic rings. The Labute approximate surface area is 149 Å². The van der Waals surface area contributed by atoms with E-state index in [1.54, 1.807) is 11.1 Å². The fraction of sp³-hybridized carbons (Fsp3) is 0.500. The second-order valence-electron chi connectivity index (χ2n) is 6.83. The van der Waals surface area contributed by atoms with Gasteiger partial charge in [0.15, 0.2) is 0 Å². The van der Waals surface area contributed by atoms with Gasteiger partial charge in [0, 0.05) is 12.2 Å². The Morgan fingerprint density at radius 3 is 2.60 bits per heavy atom. The van der Waals surface area contributed by atoms with Gasteiger partial charge in [-0.15, -0.1) is 0 Å². The van der Waals surface area contributed by atoms with Gasteiger partial charge in [0.2, 0.25) is 0 Å². The van der Waals surface area contributed by atoms with Crippen molar-refractivity contribution < 1.29 is 9.90 Å². The monoisotopic (exact) mass is 341 g/mol. The maximum absolute atomic E-state index is 13.2. The number of aromatic nitrogens is 2. The van der Waals surface area contributed by atoms with Crippen molar-refractivity contribution in [3.05, 3.63) is 53.3 Å². The highest BCUT2D eigenvalue weighted by Gasteiger charge is 2.36. The molecule has 1 fully saturated rings. The number of benzene rings is 1. The number of aliphatic hydroxyl groups excluding tert-OH is 1. The van der Waals surface area contributed by atoms with Gasteiger partial charge in [-0.05, 0) is 31.7 Å². The maximum atomic E-state index is 13.2. The van der Waals surface area contributed by atoms with Crippen molar-refractivity contribution >= 4 is 5.91 Å². The minimum atomic E-state index is -0.483. The largest absolute Gasteiger partial charge is 0.391 e. The van der Waals surface area contributed by atoms with Gasteiger partial charge in [-0.25, -0.2) is 0 Å². The lowest BCUT2D eigenvalue weighted by molar-refractivity contribution is 0.0715. The van der Waals surface area contributed by atoms with Crippen LogP contribution in [-0.2, 0) is 0 Å². The smallest absolute Gasteiger partial charge is 0.257 e. The molecule has 2 heterocycles. The number of hydrogen-bond acceptors (Lipinski definition) is 3. The molecule has 0 bridgehead atoms. The van der Waals surface area contributed by atoms with Crippen LogP contribution in [0.25, 0.3) is 0 Å². The molecule has 1 aromatic carbocycles. The van der Waals surface area contributed by atoms with E-state index in [0.29, 0.717) is 24.6 Å². The summed E-state index contributed by atoms with van der Waals surface area (Å²) in [5.74, 6) is -0.0416. The average Bonchev–Trinajstić information content (AvgIpc) is 3.20. The fourth-order valence-corrected chi connectivity index (χ4v) is 3.82. The van der Waals surface area contributed by atoms with E-state index in [1.807, 2.05) is 41.9 Å². The summed E-state index contributed by atoms with van der Waals surface area (Å²) in [6.45, 7) is 6.61. The lowest BCUT2D eigenvalue weighted by atomic mass is 10.0. The van der Waals surface area contributed by atoms with Crippen LogP contribution in [0.3, 0.4) is 0 Å². The van der Waals surface area contributed by atoms with Crippen LogP contribution in [0.4, 0.5) is 0 Å². The Morgan fingerprint density at radius 2 is 1.96 bits per heavy atom. The zero-order chi connectivity index (χ0) is 18.0. The van der Waals surface area contributed by atoms with E-state index in [4.69, 9.17) is 0 Å². The van der Waals surface area contributed by atoms with Crippen molar-refractivity contribution in [2.24, 2.45) is 0 Å². The summed E-state index contributed by atoms with van der Waals surface area (Å²) in [5, 5.41) is 14.6. The van der Waals surface area contributed by atoms with E-state index in [2.05, 4.69) is 18.9 Å². The third kappa shape index (κ3) is 3.33. The van der Waals surface area contributed by atoms with Crippen LogP contribution < -0.4 is 0 Å². The molecular formula is C20H27N3O2. The first-order valence-electron chi connectivity index (χ1n) is 9.14. The first-order chi connectivity index (χ1) is 12.1. The topological polar surface area (TPSA) is 58.4 Å². The van der Waals surface area contributed by atoms with Gasteiger partial charge in [-0.3, -0.25) is 9.48 Å². The number of hydrogen-bond donors (Lipinski definition) is 1. The van der Waals surface area contributed by atoms with Crippen molar-refractivity contribution in [1.82, 2.24) is 14.7 Å². The summed E-state index contributed by atoms with van der Waals surface area (Å²) in [6.07, 6.45) is 3.75. The van der Waals surface area contributed by atoms with Crippen molar-refractivity contribution in [2.75, 3.05) is 6.54 Å². The van der Waals surface area contributed by atoms with Crippen LogP contribution in [0.1, 0.15) is 66.8 Å². The molecule has 1 aliphatic heterocycles. The van der Waals surface area contributed by atoms with E-state index in [9.17, 15) is 9.90 Å². The van der Waals surface area contributed by atoms with E-state index >= 15 is 0 Å². The third-order valence-electron chi connectivity index (χ3n) is 5.29. The molecule has 0 saturated carbocycles. The van der Waals surface area contributed by atoms with Crippen LogP contribution in [0.5, 0.6) is 0 Å². The Balaban J connectivity index is 1.89. The number of carbonyl (C=O) groups excluding carboxylic acids is 1. The van der Waals surface area contributed by atoms with Crippen LogP contribution in [0, 0.1) is 6.92 Å². The van der Waals surface area contributed by atoms with Crippen molar-refractivity contribution in [2.45, 2.75) is 58.2 Å². The second-order valence-corrected chi connectivity index (χ2v) is 6.83. The fourth-order valence-electron chi connectivity index (χ4n) is 3.82. The number of carbonyl (C=O) groups is 1. The molecule has 25 heavy (non-hydrogen) atoms. The molecule has 1 aromatic heterocycles. The van der Waals surface area contributed by atoms with Crippen LogP contribution in [0.15, 0.2) is 36.5 Å². The summed E-state index contributed by atoms with van der Waals surface area (Å²) < 4.78 is 1.97. The van der Waals surface area contributed by atoms with Crippen molar-refractivity contribution in [3.8, 4) is 0 Å². The molecule has 2 atom stereocenters. The standard InChI is InChI=1S/C20H27N3O2/c1-4-16(5-2)23-14(3)18(12-21-23)20(25)22-13-17(24)11-19(22)15-9-7-6-8-10-15/h6-10,12,16-17,19,24H,4-5,11,13H2,1-3H3/t17-,19-/m0/s1. The Bertz CT molecular complexity index is 722. The highest BCUT2D eigenvalue weighted by Crippen LogP contribution is 2.34.